The Balaban J connectivity index is 0.000000371. The number of rotatable bonds is 0. The third-order valence-corrected chi connectivity index (χ3v) is 1.63. The highest BCUT2D eigenvalue weighted by molar-refractivity contribution is 9.10. The first-order valence-electron chi connectivity index (χ1n) is 3.23. The van der Waals surface area contributed by atoms with E-state index in [1.54, 1.807) is 6.20 Å². The molecule has 10 heavy (non-hydrogen) atoms. The van der Waals surface area contributed by atoms with Gasteiger partial charge >= 0.3 is 0 Å². The van der Waals surface area contributed by atoms with Crippen LogP contribution in [0.3, 0.4) is 0 Å². The number of aromatic nitrogens is 2. The predicted octanol–water partition coefficient (Wildman–Crippen LogP) is 2.57. The monoisotopic (exact) mass is 202 g/mol. The zero-order valence-corrected chi connectivity index (χ0v) is 8.01. The summed E-state index contributed by atoms with van der Waals surface area (Å²) in [4.78, 5) is 7.71. The molecule has 0 fully saturated rings. The van der Waals surface area contributed by atoms with E-state index in [1.807, 2.05) is 20.8 Å². The van der Waals surface area contributed by atoms with Crippen LogP contribution < -0.4 is 0 Å². The normalized spacial score (nSPS) is 8.00. The van der Waals surface area contributed by atoms with Gasteiger partial charge in [-0.05, 0) is 22.9 Å². The Bertz CT molecular complexity index is 168. The summed E-state index contributed by atoms with van der Waals surface area (Å²) in [6, 6.07) is 0. The maximum atomic E-state index is 3.92. The molecule has 0 bridgehead atoms. The van der Waals surface area contributed by atoms with Gasteiger partial charge in [0.1, 0.15) is 6.33 Å². The lowest BCUT2D eigenvalue weighted by atomic mass is 10.5. The van der Waals surface area contributed by atoms with Gasteiger partial charge in [-0.15, -0.1) is 0 Å². The smallest absolute Gasteiger partial charge is 0.115 e. The summed E-state index contributed by atoms with van der Waals surface area (Å²) < 4.78 is 0.958. The van der Waals surface area contributed by atoms with Crippen LogP contribution in [0.1, 0.15) is 19.5 Å². The Morgan fingerprint density at radius 2 is 2.00 bits per heavy atom. The third kappa shape index (κ3) is 2.92. The van der Waals surface area contributed by atoms with Gasteiger partial charge in [0, 0.05) is 6.20 Å². The van der Waals surface area contributed by atoms with Crippen molar-refractivity contribution in [1.29, 1.82) is 0 Å². The summed E-state index contributed by atoms with van der Waals surface area (Å²) in [6.07, 6.45) is 3.25. The highest BCUT2D eigenvalue weighted by Gasteiger charge is 1.88. The van der Waals surface area contributed by atoms with Crippen LogP contribution in [0.5, 0.6) is 0 Å². The Hall–Kier alpha value is -0.440. The molecule has 0 saturated heterocycles. The molecule has 0 amide bonds. The minimum absolute atomic E-state index is 0.958. The molecule has 0 aliphatic heterocycles. The second-order valence-corrected chi connectivity index (χ2v) is 2.31. The second kappa shape index (κ2) is 5.35. The molecule has 1 aromatic heterocycles. The number of aryl methyl sites for hydroxylation is 1. The van der Waals surface area contributed by atoms with Crippen molar-refractivity contribution >= 4 is 15.9 Å². The van der Waals surface area contributed by atoms with E-state index in [-0.39, 0.29) is 0 Å². The van der Waals surface area contributed by atoms with E-state index in [9.17, 15) is 0 Å². The third-order valence-electron chi connectivity index (χ3n) is 0.852. The molecular formula is C7H11BrN2. The van der Waals surface area contributed by atoms with E-state index in [0.29, 0.717) is 0 Å². The Morgan fingerprint density at radius 1 is 1.40 bits per heavy atom. The average Bonchev–Trinajstić information content (AvgIpc) is 2.00. The SMILES string of the molecule is CC.Cc1ncncc1Br. The van der Waals surface area contributed by atoms with Crippen LogP contribution >= 0.6 is 15.9 Å². The van der Waals surface area contributed by atoms with Crippen molar-refractivity contribution in [2.24, 2.45) is 0 Å². The second-order valence-electron chi connectivity index (χ2n) is 1.46. The van der Waals surface area contributed by atoms with E-state index < -0.39 is 0 Å². The standard InChI is InChI=1S/C5H5BrN2.C2H6/c1-4-5(6)2-7-3-8-4;1-2/h2-3H,1H3;1-2H3. The maximum absolute atomic E-state index is 3.92. The molecule has 0 saturated carbocycles. The van der Waals surface area contributed by atoms with Gasteiger partial charge in [-0.1, -0.05) is 13.8 Å². The summed E-state index contributed by atoms with van der Waals surface area (Å²) in [5.41, 5.74) is 0.972. The van der Waals surface area contributed by atoms with Crippen molar-refractivity contribution in [3.8, 4) is 0 Å². The van der Waals surface area contributed by atoms with Crippen LogP contribution in [0.2, 0.25) is 0 Å². The molecule has 0 radical (unpaired) electrons. The first-order chi connectivity index (χ1) is 4.80. The van der Waals surface area contributed by atoms with Crippen molar-refractivity contribution in [3.63, 3.8) is 0 Å². The highest BCUT2D eigenvalue weighted by Crippen LogP contribution is 2.08. The van der Waals surface area contributed by atoms with Crippen molar-refractivity contribution in [1.82, 2.24) is 9.97 Å². The van der Waals surface area contributed by atoms with Crippen molar-refractivity contribution in [3.05, 3.63) is 22.7 Å². The lowest BCUT2D eigenvalue weighted by molar-refractivity contribution is 1.08. The molecule has 0 unspecified atom stereocenters. The number of hydrogen-bond acceptors (Lipinski definition) is 2. The van der Waals surface area contributed by atoms with E-state index in [1.165, 1.54) is 6.33 Å². The summed E-state index contributed by atoms with van der Waals surface area (Å²) in [6.45, 7) is 5.92. The van der Waals surface area contributed by atoms with Crippen LogP contribution in [0.15, 0.2) is 17.0 Å². The highest BCUT2D eigenvalue weighted by atomic mass is 79.9. The number of nitrogens with zero attached hydrogens (tertiary/aromatic N) is 2. The van der Waals surface area contributed by atoms with Gasteiger partial charge < -0.3 is 0 Å². The number of hydrogen-bond donors (Lipinski definition) is 0. The zero-order chi connectivity index (χ0) is 7.98. The van der Waals surface area contributed by atoms with Gasteiger partial charge in [-0.2, -0.15) is 0 Å². The minimum atomic E-state index is 0.958. The van der Waals surface area contributed by atoms with Gasteiger partial charge in [-0.25, -0.2) is 9.97 Å². The predicted molar refractivity (Wildman–Crippen MR) is 45.8 cm³/mol. The van der Waals surface area contributed by atoms with E-state index in [0.717, 1.165) is 10.2 Å². The first-order valence-corrected chi connectivity index (χ1v) is 4.02. The van der Waals surface area contributed by atoms with Gasteiger partial charge in [0.25, 0.3) is 0 Å². The van der Waals surface area contributed by atoms with Gasteiger partial charge in [-0.3, -0.25) is 0 Å². The molecule has 3 heteroatoms. The fraction of sp³-hybridized carbons (Fsp3) is 0.429. The van der Waals surface area contributed by atoms with Gasteiger partial charge in [0.05, 0.1) is 10.2 Å². The lowest BCUT2D eigenvalue weighted by Gasteiger charge is -1.89. The Kier molecular flexibility index (Phi) is 5.12. The summed E-state index contributed by atoms with van der Waals surface area (Å²) in [5.74, 6) is 0. The first kappa shape index (κ1) is 9.56. The molecule has 0 aliphatic carbocycles. The molecule has 0 spiro atoms. The molecule has 1 aromatic rings. The van der Waals surface area contributed by atoms with Crippen molar-refractivity contribution in [2.75, 3.05) is 0 Å². The van der Waals surface area contributed by atoms with Gasteiger partial charge in [0.2, 0.25) is 0 Å². The Labute approximate surface area is 69.8 Å². The molecule has 0 aliphatic rings. The molecular weight excluding hydrogens is 192 g/mol. The molecule has 2 nitrogen and oxygen atoms in total. The number of halogens is 1. The van der Waals surface area contributed by atoms with Crippen LogP contribution in [0.4, 0.5) is 0 Å². The molecule has 1 heterocycles. The van der Waals surface area contributed by atoms with E-state index >= 15 is 0 Å². The van der Waals surface area contributed by atoms with Crippen LogP contribution in [0.25, 0.3) is 0 Å². The molecule has 1 rings (SSSR count). The molecule has 0 N–H and O–H groups in total. The van der Waals surface area contributed by atoms with Crippen molar-refractivity contribution < 1.29 is 0 Å². The average molecular weight is 203 g/mol. The minimum Gasteiger partial charge on any atom is -0.244 e. The zero-order valence-electron chi connectivity index (χ0n) is 6.43. The van der Waals surface area contributed by atoms with E-state index in [2.05, 4.69) is 25.9 Å². The summed E-state index contributed by atoms with van der Waals surface area (Å²) in [5, 5.41) is 0. The molecule has 0 aromatic carbocycles. The fourth-order valence-electron chi connectivity index (χ4n) is 0.374. The van der Waals surface area contributed by atoms with E-state index in [4.69, 9.17) is 0 Å². The van der Waals surface area contributed by atoms with Crippen molar-refractivity contribution in [2.45, 2.75) is 20.8 Å². The van der Waals surface area contributed by atoms with Crippen LogP contribution in [-0.2, 0) is 0 Å². The summed E-state index contributed by atoms with van der Waals surface area (Å²) in [7, 11) is 0. The summed E-state index contributed by atoms with van der Waals surface area (Å²) >= 11 is 3.27. The molecule has 0 atom stereocenters. The lowest BCUT2D eigenvalue weighted by Crippen LogP contribution is -1.81. The topological polar surface area (TPSA) is 25.8 Å². The Morgan fingerprint density at radius 3 is 2.30 bits per heavy atom. The van der Waals surface area contributed by atoms with Crippen LogP contribution in [0, 0.1) is 6.92 Å². The van der Waals surface area contributed by atoms with Crippen LogP contribution in [-0.4, -0.2) is 9.97 Å². The quantitative estimate of drug-likeness (QED) is 0.647. The largest absolute Gasteiger partial charge is 0.244 e. The maximum Gasteiger partial charge on any atom is 0.115 e. The molecule has 56 valence electrons. The van der Waals surface area contributed by atoms with Gasteiger partial charge in [0.15, 0.2) is 0 Å². The fourth-order valence-corrected chi connectivity index (χ4v) is 0.594.